The highest BCUT2D eigenvalue weighted by Crippen LogP contribution is 2.39. The molecule has 0 bridgehead atoms. The number of hydrogen-bond donors (Lipinski definition) is 12. The molecule has 3 saturated heterocycles. The van der Waals surface area contributed by atoms with Crippen LogP contribution in [0.15, 0.2) is 45.6 Å². The van der Waals surface area contributed by atoms with Crippen LogP contribution in [-0.2, 0) is 14.2 Å². The van der Waals surface area contributed by atoms with Crippen LogP contribution in [0.4, 0.5) is 0 Å². The zero-order valence-electron chi connectivity index (χ0n) is 27.7. The molecule has 12 N–H and O–H groups in total. The lowest BCUT2D eigenvalue weighted by molar-refractivity contribution is -0.277. The van der Waals surface area contributed by atoms with E-state index in [1.54, 1.807) is 0 Å². The van der Waals surface area contributed by atoms with E-state index < -0.39 is 128 Å². The minimum atomic E-state index is -1.95. The molecule has 1 aromatic heterocycles. The first-order valence-electron chi connectivity index (χ1n) is 16.4. The van der Waals surface area contributed by atoms with E-state index in [4.69, 9.17) is 32.8 Å². The van der Waals surface area contributed by atoms with Gasteiger partial charge in [0.15, 0.2) is 5.76 Å². The number of fused-ring (bicyclic) bond motifs is 1. The predicted molar refractivity (Wildman–Crippen MR) is 171 cm³/mol. The van der Waals surface area contributed by atoms with Gasteiger partial charge in [-0.1, -0.05) is 0 Å². The number of aromatic hydroxyl groups is 1. The maximum absolute atomic E-state index is 14.0. The van der Waals surface area contributed by atoms with Crippen LogP contribution in [0.25, 0.3) is 22.3 Å². The molecule has 2 aromatic carbocycles. The molecule has 15 atom stereocenters. The van der Waals surface area contributed by atoms with Crippen molar-refractivity contribution in [3.63, 3.8) is 0 Å². The minimum absolute atomic E-state index is 0.0264. The summed E-state index contributed by atoms with van der Waals surface area (Å²) in [5.74, 6) is -1.95. The first kappa shape index (κ1) is 39.0. The van der Waals surface area contributed by atoms with Crippen molar-refractivity contribution < 1.29 is 94.1 Å². The van der Waals surface area contributed by atoms with Crippen LogP contribution < -0.4 is 19.6 Å². The third kappa shape index (κ3) is 7.39. The van der Waals surface area contributed by atoms with Crippen molar-refractivity contribution in [2.45, 2.75) is 99.0 Å². The van der Waals surface area contributed by atoms with Gasteiger partial charge in [0.25, 0.3) is 0 Å². The Kier molecular flexibility index (Phi) is 11.5. The van der Waals surface area contributed by atoms with Crippen LogP contribution in [0.5, 0.6) is 23.0 Å². The second-order valence-electron chi connectivity index (χ2n) is 12.9. The molecule has 3 fully saturated rings. The van der Waals surface area contributed by atoms with Crippen molar-refractivity contribution in [2.75, 3.05) is 13.2 Å². The zero-order chi connectivity index (χ0) is 38.5. The molecule has 4 heterocycles. The Morgan fingerprint density at radius 3 is 1.64 bits per heavy atom. The number of benzene rings is 2. The average Bonchev–Trinajstić information content (AvgIpc) is 3.14. The first-order valence-corrected chi connectivity index (χ1v) is 16.4. The number of phenols is 1. The van der Waals surface area contributed by atoms with E-state index in [0.717, 1.165) is 12.1 Å². The van der Waals surface area contributed by atoms with Gasteiger partial charge in [0.05, 0.1) is 19.3 Å². The second-order valence-corrected chi connectivity index (χ2v) is 12.9. The second kappa shape index (κ2) is 15.6. The fourth-order valence-corrected chi connectivity index (χ4v) is 6.13. The van der Waals surface area contributed by atoms with Gasteiger partial charge in [0.1, 0.15) is 95.4 Å². The summed E-state index contributed by atoms with van der Waals surface area (Å²) in [5.41, 5.74) is -1.28. The zero-order valence-corrected chi connectivity index (χ0v) is 27.7. The van der Waals surface area contributed by atoms with Crippen molar-refractivity contribution in [1.82, 2.24) is 0 Å². The fraction of sp³-hybridized carbons (Fsp3) is 0.545. The SMILES string of the molecule is C[C@H]1O[C@H](Oc2cc(O)c3c(=O)c(O[C@@H]4O[C@H](CO)[C@@H](O)[C@H](O)[C@H]4O)c(-c4ccc(O[C@@H]5O[C@H](CO)[C@@H](O)[C@H](O)[C@H]5O)cc4)oc3c2)[C@@H](O)[C@@H](O)[C@@H]1O. The molecule has 20 heteroatoms. The smallest absolute Gasteiger partial charge is 0.239 e. The summed E-state index contributed by atoms with van der Waals surface area (Å²) < 4.78 is 39.3. The molecule has 0 aliphatic carbocycles. The molecule has 0 radical (unpaired) electrons. The summed E-state index contributed by atoms with van der Waals surface area (Å²) in [5, 5.41) is 122. The number of phenolic OH excluding ortho intramolecular Hbond substituents is 1. The molecule has 0 spiro atoms. The summed E-state index contributed by atoms with van der Waals surface area (Å²) in [6.07, 6.45) is -24.0. The molecule has 3 aliphatic heterocycles. The van der Waals surface area contributed by atoms with Crippen LogP contribution in [-0.4, -0.2) is 167 Å². The summed E-state index contributed by atoms with van der Waals surface area (Å²) in [6.45, 7) is -0.0726. The topological polar surface area (TPSA) is 328 Å². The molecule has 0 amide bonds. The quantitative estimate of drug-likeness (QED) is 0.0983. The van der Waals surface area contributed by atoms with Crippen LogP contribution in [0.2, 0.25) is 0 Å². The summed E-state index contributed by atoms with van der Waals surface area (Å²) in [6, 6.07) is 7.43. The molecular formula is C33H40O20. The standard InChI is InChI=1S/C33H40O20/c1-10-19(37)23(41)26(44)31(47-10)49-13-6-14(36)18-15(7-13)50-29(30(22(18)40)53-33-28(46)25(43)21(39)17(9-35)52-33)11-2-4-12(5-3-11)48-32-27(45)24(42)20(38)16(8-34)51-32/h2-7,10,16-17,19-21,23-28,31-39,41-46H,8-9H2,1H3/t10-,16-,17-,19-,20-,21-,23+,24+,25+,26+,27-,28-,31-,32-,33+/m1/s1. The van der Waals surface area contributed by atoms with Gasteiger partial charge in [-0.05, 0) is 31.2 Å². The number of ether oxygens (including phenoxy) is 6. The lowest BCUT2D eigenvalue weighted by Crippen LogP contribution is -2.60. The summed E-state index contributed by atoms with van der Waals surface area (Å²) in [7, 11) is 0. The summed E-state index contributed by atoms with van der Waals surface area (Å²) in [4.78, 5) is 14.0. The molecule has 6 rings (SSSR count). The predicted octanol–water partition coefficient (Wildman–Crippen LogP) is -4.27. The van der Waals surface area contributed by atoms with Crippen LogP contribution in [0, 0.1) is 0 Å². The summed E-state index contributed by atoms with van der Waals surface area (Å²) >= 11 is 0. The Bertz CT molecular complexity index is 1780. The Morgan fingerprint density at radius 2 is 1.09 bits per heavy atom. The van der Waals surface area contributed by atoms with Gasteiger partial charge >= 0.3 is 0 Å². The van der Waals surface area contributed by atoms with E-state index in [1.807, 2.05) is 0 Å². The van der Waals surface area contributed by atoms with Crippen molar-refractivity contribution in [3.05, 3.63) is 46.6 Å². The van der Waals surface area contributed by atoms with Gasteiger partial charge < -0.3 is 94.1 Å². The average molecular weight is 757 g/mol. The Labute approximate surface area is 298 Å². The monoisotopic (exact) mass is 756 g/mol. The van der Waals surface area contributed by atoms with Crippen molar-refractivity contribution in [2.24, 2.45) is 0 Å². The van der Waals surface area contributed by atoms with Crippen molar-refractivity contribution in [1.29, 1.82) is 0 Å². The van der Waals surface area contributed by atoms with Gasteiger partial charge in [-0.3, -0.25) is 4.79 Å². The Balaban J connectivity index is 1.38. The lowest BCUT2D eigenvalue weighted by Gasteiger charge is -2.39. The van der Waals surface area contributed by atoms with Crippen molar-refractivity contribution >= 4 is 11.0 Å². The molecule has 292 valence electrons. The highest BCUT2D eigenvalue weighted by Gasteiger charge is 2.47. The molecule has 0 saturated carbocycles. The number of hydrogen-bond acceptors (Lipinski definition) is 20. The third-order valence-electron chi connectivity index (χ3n) is 9.27. The van der Waals surface area contributed by atoms with Crippen LogP contribution in [0.1, 0.15) is 6.92 Å². The van der Waals surface area contributed by atoms with Gasteiger partial charge in [-0.25, -0.2) is 0 Å². The fourth-order valence-electron chi connectivity index (χ4n) is 6.13. The minimum Gasteiger partial charge on any atom is -0.507 e. The van der Waals surface area contributed by atoms with E-state index in [0.29, 0.717) is 0 Å². The number of aliphatic hydroxyl groups is 11. The van der Waals surface area contributed by atoms with Gasteiger partial charge in [0.2, 0.25) is 30.0 Å². The molecule has 3 aromatic rings. The molecule has 53 heavy (non-hydrogen) atoms. The van der Waals surface area contributed by atoms with E-state index in [-0.39, 0.29) is 28.4 Å². The molecule has 20 nitrogen and oxygen atoms in total. The third-order valence-corrected chi connectivity index (χ3v) is 9.27. The maximum atomic E-state index is 14.0. The number of aliphatic hydroxyl groups excluding tert-OH is 11. The molecule has 0 unspecified atom stereocenters. The van der Waals surface area contributed by atoms with Gasteiger partial charge in [0, 0.05) is 17.7 Å². The highest BCUT2D eigenvalue weighted by atomic mass is 16.7. The number of rotatable bonds is 9. The largest absolute Gasteiger partial charge is 0.507 e. The molecule has 3 aliphatic rings. The van der Waals surface area contributed by atoms with E-state index in [9.17, 15) is 66.1 Å². The Hall–Kier alpha value is -3.71. The normalized spacial score (nSPS) is 37.7. The lowest BCUT2D eigenvalue weighted by atomic mass is 9.99. The highest BCUT2D eigenvalue weighted by molar-refractivity contribution is 5.88. The van der Waals surface area contributed by atoms with Crippen LogP contribution >= 0.6 is 0 Å². The van der Waals surface area contributed by atoms with E-state index in [2.05, 4.69) is 0 Å². The van der Waals surface area contributed by atoms with Crippen LogP contribution in [0.3, 0.4) is 0 Å². The Morgan fingerprint density at radius 1 is 0.604 bits per heavy atom. The maximum Gasteiger partial charge on any atom is 0.239 e. The van der Waals surface area contributed by atoms with E-state index in [1.165, 1.54) is 31.2 Å². The van der Waals surface area contributed by atoms with Gasteiger partial charge in [-0.2, -0.15) is 0 Å². The molecular weight excluding hydrogens is 716 g/mol. The van der Waals surface area contributed by atoms with Gasteiger partial charge in [-0.15, -0.1) is 0 Å². The van der Waals surface area contributed by atoms with E-state index >= 15 is 0 Å². The van der Waals surface area contributed by atoms with Crippen molar-refractivity contribution in [3.8, 4) is 34.3 Å². The first-order chi connectivity index (χ1) is 25.1.